The van der Waals surface area contributed by atoms with Gasteiger partial charge < -0.3 is 18.9 Å². The molecule has 0 spiro atoms. The van der Waals surface area contributed by atoms with E-state index >= 15 is 0 Å². The van der Waals surface area contributed by atoms with Gasteiger partial charge in [-0.1, -0.05) is 56.3 Å². The van der Waals surface area contributed by atoms with Crippen molar-refractivity contribution in [3.63, 3.8) is 0 Å². The highest BCUT2D eigenvalue weighted by atomic mass is 16.7. The maximum Gasteiger partial charge on any atom is 0.192 e. The number of hydrogen-bond acceptors (Lipinski definition) is 5. The minimum Gasteiger partial charge on any atom is -0.488 e. The number of benzene rings is 2. The summed E-state index contributed by atoms with van der Waals surface area (Å²) >= 11 is 0. The van der Waals surface area contributed by atoms with Crippen LogP contribution in [0.15, 0.2) is 48.5 Å². The number of Topliss-reactive ketones (excluding diaryl/α,β-unsaturated/α-hetero) is 1. The van der Waals surface area contributed by atoms with Crippen LogP contribution in [0.4, 0.5) is 0 Å². The molecule has 1 saturated heterocycles. The Bertz CT molecular complexity index is 807. The molecule has 1 aliphatic rings. The second-order valence-electron chi connectivity index (χ2n) is 7.74. The quantitative estimate of drug-likeness (QED) is 0.634. The van der Waals surface area contributed by atoms with Gasteiger partial charge >= 0.3 is 0 Å². The van der Waals surface area contributed by atoms with Gasteiger partial charge in [0.15, 0.2) is 11.6 Å². The predicted octanol–water partition coefficient (Wildman–Crippen LogP) is 4.34. The summed E-state index contributed by atoms with van der Waals surface area (Å²) < 4.78 is 23.1. The molecule has 0 aromatic heterocycles. The van der Waals surface area contributed by atoms with Gasteiger partial charge in [0.25, 0.3) is 0 Å². The maximum atomic E-state index is 13.5. The van der Waals surface area contributed by atoms with Crippen LogP contribution in [0.5, 0.6) is 5.75 Å². The van der Waals surface area contributed by atoms with Crippen LogP contribution in [0.2, 0.25) is 0 Å². The summed E-state index contributed by atoms with van der Waals surface area (Å²) in [5, 5.41) is 0. The lowest BCUT2D eigenvalue weighted by molar-refractivity contribution is -0.150. The minimum absolute atomic E-state index is 0.0617. The average molecular weight is 384 g/mol. The predicted molar refractivity (Wildman–Crippen MR) is 106 cm³/mol. The highest BCUT2D eigenvalue weighted by Gasteiger charge is 2.41. The van der Waals surface area contributed by atoms with Gasteiger partial charge in [0, 0.05) is 12.7 Å². The molecule has 2 aromatic carbocycles. The van der Waals surface area contributed by atoms with E-state index in [2.05, 4.69) is 0 Å². The first kappa shape index (κ1) is 20.5. The number of ketones is 1. The molecule has 1 heterocycles. The maximum absolute atomic E-state index is 13.5. The van der Waals surface area contributed by atoms with Crippen molar-refractivity contribution in [3.8, 4) is 5.75 Å². The third-order valence-corrected chi connectivity index (χ3v) is 4.94. The number of ether oxygens (including phenoxy) is 4. The number of methoxy groups -OCH3 is 1. The molecule has 0 atom stereocenters. The van der Waals surface area contributed by atoms with Crippen molar-refractivity contribution >= 4 is 5.78 Å². The molecule has 5 heteroatoms. The SMILES string of the molecule is COCC(C)(C)C(=O)c1c(OCc2ccccc2)cccc1C1(C)OCCO1. The highest BCUT2D eigenvalue weighted by molar-refractivity contribution is 6.04. The molecule has 0 radical (unpaired) electrons. The van der Waals surface area contributed by atoms with Crippen LogP contribution in [0, 0.1) is 5.41 Å². The van der Waals surface area contributed by atoms with E-state index in [0.29, 0.717) is 43.3 Å². The molecule has 0 bridgehead atoms. The topological polar surface area (TPSA) is 54.0 Å². The van der Waals surface area contributed by atoms with Crippen LogP contribution >= 0.6 is 0 Å². The van der Waals surface area contributed by atoms with Crippen molar-refractivity contribution in [1.29, 1.82) is 0 Å². The molecule has 5 nitrogen and oxygen atoms in total. The Morgan fingerprint density at radius 2 is 1.75 bits per heavy atom. The normalized spacial score (nSPS) is 16.1. The van der Waals surface area contributed by atoms with Crippen LogP contribution < -0.4 is 4.74 Å². The Morgan fingerprint density at radius 3 is 2.39 bits per heavy atom. The van der Waals surface area contributed by atoms with E-state index < -0.39 is 11.2 Å². The van der Waals surface area contributed by atoms with Gasteiger partial charge in [-0.05, 0) is 18.6 Å². The zero-order valence-electron chi connectivity index (χ0n) is 17.0. The first-order chi connectivity index (χ1) is 13.4. The number of rotatable bonds is 8. The molecule has 28 heavy (non-hydrogen) atoms. The Kier molecular flexibility index (Phi) is 6.18. The van der Waals surface area contributed by atoms with Crippen LogP contribution in [0.3, 0.4) is 0 Å². The molecule has 0 unspecified atom stereocenters. The van der Waals surface area contributed by atoms with Gasteiger partial charge in [-0.3, -0.25) is 4.79 Å². The van der Waals surface area contributed by atoms with E-state index in [-0.39, 0.29) is 5.78 Å². The average Bonchev–Trinajstić information content (AvgIpc) is 3.14. The van der Waals surface area contributed by atoms with E-state index in [1.54, 1.807) is 7.11 Å². The largest absolute Gasteiger partial charge is 0.488 e. The zero-order chi connectivity index (χ0) is 20.2. The van der Waals surface area contributed by atoms with E-state index in [0.717, 1.165) is 5.56 Å². The minimum atomic E-state index is -0.972. The van der Waals surface area contributed by atoms with E-state index in [1.807, 2.05) is 69.3 Å². The molecule has 0 saturated carbocycles. The summed E-state index contributed by atoms with van der Waals surface area (Å²) in [5.41, 5.74) is 1.49. The molecule has 3 rings (SSSR count). The summed E-state index contributed by atoms with van der Waals surface area (Å²) in [4.78, 5) is 13.5. The molecule has 0 N–H and O–H groups in total. The summed E-state index contributed by atoms with van der Waals surface area (Å²) in [7, 11) is 1.60. The monoisotopic (exact) mass is 384 g/mol. The van der Waals surface area contributed by atoms with E-state index in [9.17, 15) is 4.79 Å². The van der Waals surface area contributed by atoms with Gasteiger partial charge in [-0.25, -0.2) is 0 Å². The molecule has 1 fully saturated rings. The van der Waals surface area contributed by atoms with Gasteiger partial charge in [-0.2, -0.15) is 0 Å². The smallest absolute Gasteiger partial charge is 0.192 e. The van der Waals surface area contributed by atoms with E-state index in [4.69, 9.17) is 18.9 Å². The Balaban J connectivity index is 2.02. The van der Waals surface area contributed by atoms with Gasteiger partial charge in [0.05, 0.1) is 30.8 Å². The Labute approximate surface area is 166 Å². The fourth-order valence-corrected chi connectivity index (χ4v) is 3.43. The molecule has 0 amide bonds. The number of carbonyl (C=O) groups is 1. The molecule has 150 valence electrons. The van der Waals surface area contributed by atoms with Crippen molar-refractivity contribution in [1.82, 2.24) is 0 Å². The second-order valence-corrected chi connectivity index (χ2v) is 7.74. The summed E-state index contributed by atoms with van der Waals surface area (Å²) in [5.74, 6) is -0.510. The highest BCUT2D eigenvalue weighted by Crippen LogP contribution is 2.40. The second kappa shape index (κ2) is 8.43. The number of carbonyl (C=O) groups excluding carboxylic acids is 1. The number of hydrogen-bond donors (Lipinski definition) is 0. The lowest BCUT2D eigenvalue weighted by Crippen LogP contribution is -2.33. The summed E-state index contributed by atoms with van der Waals surface area (Å²) in [6.07, 6.45) is 0. The first-order valence-corrected chi connectivity index (χ1v) is 9.49. The summed E-state index contributed by atoms with van der Waals surface area (Å²) in [6, 6.07) is 15.4. The van der Waals surface area contributed by atoms with Gasteiger partial charge in [-0.15, -0.1) is 0 Å². The molecular formula is C23H28O5. The van der Waals surface area contributed by atoms with Crippen LogP contribution in [0.1, 0.15) is 42.3 Å². The van der Waals surface area contributed by atoms with Crippen molar-refractivity contribution in [2.24, 2.45) is 5.41 Å². The van der Waals surface area contributed by atoms with Crippen LogP contribution in [-0.2, 0) is 26.6 Å². The lowest BCUT2D eigenvalue weighted by Gasteiger charge is -2.30. The third-order valence-electron chi connectivity index (χ3n) is 4.94. The van der Waals surface area contributed by atoms with Crippen molar-refractivity contribution < 1.29 is 23.7 Å². The van der Waals surface area contributed by atoms with Crippen molar-refractivity contribution in [2.75, 3.05) is 26.9 Å². The zero-order valence-corrected chi connectivity index (χ0v) is 17.0. The summed E-state index contributed by atoms with van der Waals surface area (Å²) in [6.45, 7) is 7.23. The van der Waals surface area contributed by atoms with Gasteiger partial charge in [0.2, 0.25) is 0 Å². The van der Waals surface area contributed by atoms with Crippen molar-refractivity contribution in [2.45, 2.75) is 33.2 Å². The van der Waals surface area contributed by atoms with Crippen molar-refractivity contribution in [3.05, 3.63) is 65.2 Å². The molecule has 2 aromatic rings. The lowest BCUT2D eigenvalue weighted by atomic mass is 9.81. The van der Waals surface area contributed by atoms with E-state index in [1.165, 1.54) is 0 Å². The third kappa shape index (κ3) is 4.27. The fraction of sp³-hybridized carbons (Fsp3) is 0.435. The van der Waals surface area contributed by atoms with Crippen LogP contribution in [0.25, 0.3) is 0 Å². The fourth-order valence-electron chi connectivity index (χ4n) is 3.43. The molecular weight excluding hydrogens is 356 g/mol. The molecule has 1 aliphatic heterocycles. The van der Waals surface area contributed by atoms with Gasteiger partial charge in [0.1, 0.15) is 12.4 Å². The molecule has 0 aliphatic carbocycles. The Hall–Kier alpha value is -2.21. The van der Waals surface area contributed by atoms with Crippen LogP contribution in [-0.4, -0.2) is 32.7 Å². The standard InChI is InChI=1S/C23H28O5/c1-22(2,16-25-4)21(24)20-18(23(3)27-13-14-28-23)11-8-12-19(20)26-15-17-9-6-5-7-10-17/h5-12H,13-16H2,1-4H3. The Morgan fingerprint density at radius 1 is 1.07 bits per heavy atom. The first-order valence-electron chi connectivity index (χ1n) is 9.49.